The number of ketones is 1. The van der Waals surface area contributed by atoms with Gasteiger partial charge in [0.05, 0.1) is 19.8 Å². The monoisotopic (exact) mass is 364 g/mol. The summed E-state index contributed by atoms with van der Waals surface area (Å²) in [5.41, 5.74) is 4.75. The molecular formula is C24H28O3. The Morgan fingerprint density at radius 1 is 0.963 bits per heavy atom. The van der Waals surface area contributed by atoms with Gasteiger partial charge in [-0.2, -0.15) is 0 Å². The molecule has 142 valence electrons. The molecule has 0 heterocycles. The van der Waals surface area contributed by atoms with Crippen molar-refractivity contribution in [3.05, 3.63) is 94.6 Å². The number of carbonyl (C=O) groups excluding carboxylic acids is 1. The maximum Gasteiger partial charge on any atom is 0.193 e. The summed E-state index contributed by atoms with van der Waals surface area (Å²) in [6.07, 6.45) is 5.90. The van der Waals surface area contributed by atoms with Crippen molar-refractivity contribution in [2.45, 2.75) is 33.3 Å². The minimum Gasteiger partial charge on any atom is -0.392 e. The van der Waals surface area contributed by atoms with E-state index in [1.54, 1.807) is 0 Å². The molecule has 3 nitrogen and oxygen atoms in total. The quantitative estimate of drug-likeness (QED) is 0.471. The molecule has 2 rings (SSSR count). The number of rotatable bonds is 10. The van der Waals surface area contributed by atoms with Gasteiger partial charge in [0.25, 0.3) is 0 Å². The third-order valence-electron chi connectivity index (χ3n) is 4.29. The normalized spacial score (nSPS) is 12.3. The summed E-state index contributed by atoms with van der Waals surface area (Å²) in [5.74, 6) is 0.0276. The van der Waals surface area contributed by atoms with Gasteiger partial charge in [0.2, 0.25) is 0 Å². The Labute approximate surface area is 162 Å². The Kier molecular flexibility index (Phi) is 8.69. The van der Waals surface area contributed by atoms with Crippen LogP contribution in [0.4, 0.5) is 0 Å². The molecular weight excluding hydrogens is 336 g/mol. The molecule has 0 aliphatic rings. The number of carbonyl (C=O) groups is 1. The number of hydrogen-bond donors (Lipinski definition) is 1. The number of hydrogen-bond acceptors (Lipinski definition) is 3. The van der Waals surface area contributed by atoms with E-state index in [0.29, 0.717) is 24.3 Å². The molecule has 0 fully saturated rings. The zero-order valence-electron chi connectivity index (χ0n) is 16.2. The maximum atomic E-state index is 12.5. The summed E-state index contributed by atoms with van der Waals surface area (Å²) in [6, 6.07) is 16.9. The summed E-state index contributed by atoms with van der Waals surface area (Å²) in [4.78, 5) is 12.5. The molecule has 0 bridgehead atoms. The summed E-state index contributed by atoms with van der Waals surface area (Å²) >= 11 is 0. The topological polar surface area (TPSA) is 46.5 Å². The molecule has 0 aromatic heterocycles. The molecule has 0 spiro atoms. The van der Waals surface area contributed by atoms with Gasteiger partial charge < -0.3 is 9.84 Å². The molecule has 2 aromatic carbocycles. The number of aliphatic hydroxyl groups excluding tert-OH is 1. The molecule has 0 atom stereocenters. The largest absolute Gasteiger partial charge is 0.392 e. The highest BCUT2D eigenvalue weighted by Gasteiger charge is 2.08. The smallest absolute Gasteiger partial charge is 0.193 e. The molecule has 27 heavy (non-hydrogen) atoms. The van der Waals surface area contributed by atoms with E-state index in [0.717, 1.165) is 18.4 Å². The molecule has 2 aromatic rings. The molecule has 1 N–H and O–H groups in total. The predicted molar refractivity (Wildman–Crippen MR) is 110 cm³/mol. The molecule has 0 unspecified atom stereocenters. The van der Waals surface area contributed by atoms with Crippen molar-refractivity contribution in [3.63, 3.8) is 0 Å². The van der Waals surface area contributed by atoms with Crippen LogP contribution in [-0.4, -0.2) is 24.1 Å². The molecule has 0 aliphatic carbocycles. The third kappa shape index (κ3) is 7.33. The van der Waals surface area contributed by atoms with Gasteiger partial charge in [0.15, 0.2) is 5.78 Å². The van der Waals surface area contributed by atoms with Gasteiger partial charge in [-0.3, -0.25) is 4.79 Å². The first kappa shape index (κ1) is 20.8. The van der Waals surface area contributed by atoms with Gasteiger partial charge in [-0.25, -0.2) is 0 Å². The summed E-state index contributed by atoms with van der Waals surface area (Å²) in [7, 11) is 0. The van der Waals surface area contributed by atoms with Crippen LogP contribution in [0.1, 0.15) is 48.2 Å². The molecule has 0 amide bonds. The Bertz CT molecular complexity index is 788. The fourth-order valence-electron chi connectivity index (χ4n) is 2.75. The Morgan fingerprint density at radius 2 is 1.70 bits per heavy atom. The number of aliphatic hydroxyl groups is 1. The Morgan fingerprint density at radius 3 is 2.44 bits per heavy atom. The maximum absolute atomic E-state index is 12.5. The van der Waals surface area contributed by atoms with Crippen LogP contribution in [0.5, 0.6) is 0 Å². The van der Waals surface area contributed by atoms with Crippen LogP contribution in [0.3, 0.4) is 0 Å². The van der Waals surface area contributed by atoms with E-state index in [2.05, 4.69) is 13.0 Å². The Balaban J connectivity index is 1.84. The number of allylic oxidation sites excluding steroid dienone is 2. The fourth-order valence-corrected chi connectivity index (χ4v) is 2.75. The lowest BCUT2D eigenvalue weighted by Gasteiger charge is -2.07. The van der Waals surface area contributed by atoms with Crippen molar-refractivity contribution in [1.82, 2.24) is 0 Å². The lowest BCUT2D eigenvalue weighted by molar-refractivity contribution is 0.103. The van der Waals surface area contributed by atoms with Crippen LogP contribution in [0.2, 0.25) is 0 Å². The highest BCUT2D eigenvalue weighted by Crippen LogP contribution is 2.13. The molecule has 0 saturated heterocycles. The van der Waals surface area contributed by atoms with Crippen LogP contribution in [-0.2, 0) is 11.3 Å². The van der Waals surface area contributed by atoms with Crippen molar-refractivity contribution in [2.75, 3.05) is 13.2 Å². The van der Waals surface area contributed by atoms with E-state index in [9.17, 15) is 4.79 Å². The van der Waals surface area contributed by atoms with Gasteiger partial charge in [-0.15, -0.1) is 0 Å². The molecule has 0 aliphatic heterocycles. The summed E-state index contributed by atoms with van der Waals surface area (Å²) < 4.78 is 5.79. The van der Waals surface area contributed by atoms with E-state index in [1.807, 2.05) is 67.6 Å². The van der Waals surface area contributed by atoms with E-state index in [4.69, 9.17) is 9.84 Å². The molecule has 0 radical (unpaired) electrons. The Hall–Kier alpha value is -2.49. The highest BCUT2D eigenvalue weighted by molar-refractivity contribution is 6.09. The fraction of sp³-hybridized carbons (Fsp3) is 0.292. The zero-order chi connectivity index (χ0) is 19.5. The first-order valence-corrected chi connectivity index (χ1v) is 9.28. The van der Waals surface area contributed by atoms with Gasteiger partial charge in [0, 0.05) is 11.1 Å². The van der Waals surface area contributed by atoms with Crippen molar-refractivity contribution in [2.24, 2.45) is 0 Å². The molecule has 3 heteroatoms. The zero-order valence-corrected chi connectivity index (χ0v) is 16.2. The third-order valence-corrected chi connectivity index (χ3v) is 4.29. The first-order valence-electron chi connectivity index (χ1n) is 9.28. The number of benzene rings is 2. The van der Waals surface area contributed by atoms with Crippen molar-refractivity contribution >= 4 is 5.78 Å². The van der Waals surface area contributed by atoms with Crippen LogP contribution < -0.4 is 0 Å². The molecule has 0 saturated carbocycles. The minimum absolute atomic E-state index is 0.0276. The van der Waals surface area contributed by atoms with E-state index >= 15 is 0 Å². The summed E-state index contributed by atoms with van der Waals surface area (Å²) in [5, 5.41) is 8.86. The predicted octanol–water partition coefficient (Wildman–Crippen LogP) is 5.10. The standard InChI is InChI=1S/C24H28O3/c1-19(14-15-25)8-6-9-20(2)17-27-18-21-10-7-13-23(16-21)24(26)22-11-4-3-5-12-22/h3-5,7,9-14,16,25H,6,8,15,17-18H2,1-2H3/b19-14+,20-9+. The van der Waals surface area contributed by atoms with Gasteiger partial charge in [-0.1, -0.05) is 71.8 Å². The van der Waals surface area contributed by atoms with Gasteiger partial charge in [-0.05, 0) is 38.3 Å². The van der Waals surface area contributed by atoms with E-state index in [-0.39, 0.29) is 12.4 Å². The van der Waals surface area contributed by atoms with Gasteiger partial charge in [0.1, 0.15) is 0 Å². The average molecular weight is 364 g/mol. The SMILES string of the molecule is C/C(=C\CO)CC/C=C(\C)COCc1cccc(C(=O)c2ccccc2)c1. The highest BCUT2D eigenvalue weighted by atomic mass is 16.5. The van der Waals surface area contributed by atoms with Crippen LogP contribution >= 0.6 is 0 Å². The van der Waals surface area contributed by atoms with Gasteiger partial charge >= 0.3 is 0 Å². The number of ether oxygens (including phenoxy) is 1. The van der Waals surface area contributed by atoms with Crippen LogP contribution in [0, 0.1) is 0 Å². The van der Waals surface area contributed by atoms with Crippen LogP contribution in [0.15, 0.2) is 77.9 Å². The van der Waals surface area contributed by atoms with Crippen LogP contribution in [0.25, 0.3) is 0 Å². The lowest BCUT2D eigenvalue weighted by Crippen LogP contribution is -2.03. The second-order valence-corrected chi connectivity index (χ2v) is 6.71. The van der Waals surface area contributed by atoms with Crippen molar-refractivity contribution < 1.29 is 14.6 Å². The summed E-state index contributed by atoms with van der Waals surface area (Å²) in [6.45, 7) is 5.23. The van der Waals surface area contributed by atoms with Crippen molar-refractivity contribution in [1.29, 1.82) is 0 Å². The first-order chi connectivity index (χ1) is 13.1. The van der Waals surface area contributed by atoms with Crippen molar-refractivity contribution in [3.8, 4) is 0 Å². The minimum atomic E-state index is 0.0276. The van der Waals surface area contributed by atoms with E-state index in [1.165, 1.54) is 11.1 Å². The average Bonchev–Trinajstić information content (AvgIpc) is 2.68. The lowest BCUT2D eigenvalue weighted by atomic mass is 10.0. The second kappa shape index (κ2) is 11.3. The van der Waals surface area contributed by atoms with E-state index < -0.39 is 0 Å². The second-order valence-electron chi connectivity index (χ2n) is 6.71.